The van der Waals surface area contributed by atoms with Crippen LogP contribution in [-0.4, -0.2) is 67.9 Å². The number of anilines is 1. The van der Waals surface area contributed by atoms with E-state index in [1.165, 1.54) is 5.56 Å². The molecule has 0 spiro atoms. The van der Waals surface area contributed by atoms with Gasteiger partial charge in [0.25, 0.3) is 0 Å². The van der Waals surface area contributed by atoms with Crippen molar-refractivity contribution in [1.29, 1.82) is 0 Å². The molecule has 0 bridgehead atoms. The Balaban J connectivity index is 1.44. The van der Waals surface area contributed by atoms with Crippen LogP contribution in [0.1, 0.15) is 43.4 Å². The summed E-state index contributed by atoms with van der Waals surface area (Å²) in [5, 5.41) is 3.28. The van der Waals surface area contributed by atoms with Crippen molar-refractivity contribution in [2.24, 2.45) is 5.92 Å². The van der Waals surface area contributed by atoms with Crippen LogP contribution in [0.25, 0.3) is 0 Å². The number of carbonyl (C=O) groups is 2. The van der Waals surface area contributed by atoms with E-state index in [9.17, 15) is 9.59 Å². The Kier molecular flexibility index (Phi) is 7.46. The zero-order valence-corrected chi connectivity index (χ0v) is 20.0. The summed E-state index contributed by atoms with van der Waals surface area (Å²) >= 11 is 0. The van der Waals surface area contributed by atoms with E-state index in [1.54, 1.807) is 4.90 Å². The lowest BCUT2D eigenvalue weighted by Crippen LogP contribution is -2.48. The molecule has 0 aliphatic carbocycles. The molecule has 2 aromatic carbocycles. The number of hydrogen-bond donors (Lipinski definition) is 1. The van der Waals surface area contributed by atoms with Gasteiger partial charge in [-0.25, -0.2) is 0 Å². The molecule has 2 fully saturated rings. The molecule has 0 radical (unpaired) electrons. The molecule has 2 saturated heterocycles. The summed E-state index contributed by atoms with van der Waals surface area (Å²) in [7, 11) is 2.15. The average Bonchev–Trinajstić information content (AvgIpc) is 3.22. The molecule has 6 heteroatoms. The Morgan fingerprint density at radius 2 is 1.70 bits per heavy atom. The summed E-state index contributed by atoms with van der Waals surface area (Å²) in [4.78, 5) is 32.6. The number of hydrogen-bond acceptors (Lipinski definition) is 4. The number of amides is 2. The molecule has 176 valence electrons. The third-order valence-electron chi connectivity index (χ3n) is 6.90. The summed E-state index contributed by atoms with van der Waals surface area (Å²) in [6.07, 6.45) is 0.258. The van der Waals surface area contributed by atoms with E-state index < -0.39 is 0 Å². The highest BCUT2D eigenvalue weighted by molar-refractivity contribution is 6.00. The van der Waals surface area contributed by atoms with Gasteiger partial charge in [0.15, 0.2) is 0 Å². The van der Waals surface area contributed by atoms with Crippen molar-refractivity contribution in [3.8, 4) is 0 Å². The second-order valence-corrected chi connectivity index (χ2v) is 9.73. The van der Waals surface area contributed by atoms with Gasteiger partial charge in [-0.1, -0.05) is 56.3 Å². The first kappa shape index (κ1) is 23.5. The molecule has 2 heterocycles. The fourth-order valence-electron chi connectivity index (χ4n) is 4.68. The lowest BCUT2D eigenvalue weighted by atomic mass is 10.0. The second-order valence-electron chi connectivity index (χ2n) is 9.73. The Morgan fingerprint density at radius 1 is 1.00 bits per heavy atom. The third-order valence-corrected chi connectivity index (χ3v) is 6.90. The molecule has 33 heavy (non-hydrogen) atoms. The van der Waals surface area contributed by atoms with Gasteiger partial charge in [0.05, 0.1) is 12.0 Å². The number of piperazine rings is 1. The van der Waals surface area contributed by atoms with Crippen molar-refractivity contribution >= 4 is 17.5 Å². The van der Waals surface area contributed by atoms with E-state index in [2.05, 4.69) is 60.3 Å². The third kappa shape index (κ3) is 5.81. The molecule has 4 rings (SSSR count). The van der Waals surface area contributed by atoms with Crippen LogP contribution in [0.15, 0.2) is 54.6 Å². The highest BCUT2D eigenvalue weighted by Gasteiger charge is 2.36. The molecular formula is C27H36N4O2. The molecule has 2 unspecified atom stereocenters. The quantitative estimate of drug-likeness (QED) is 0.706. The van der Waals surface area contributed by atoms with Crippen LogP contribution in [0, 0.1) is 5.92 Å². The van der Waals surface area contributed by atoms with Gasteiger partial charge < -0.3 is 15.1 Å². The van der Waals surface area contributed by atoms with E-state index >= 15 is 0 Å². The summed E-state index contributed by atoms with van der Waals surface area (Å²) in [5.74, 6) is 0.0436. The van der Waals surface area contributed by atoms with Crippen LogP contribution in [0.2, 0.25) is 0 Å². The largest absolute Gasteiger partial charge is 0.348 e. The molecule has 2 atom stereocenters. The minimum Gasteiger partial charge on any atom is -0.348 e. The summed E-state index contributed by atoms with van der Waals surface area (Å²) in [6, 6.07) is 18.2. The van der Waals surface area contributed by atoms with Crippen molar-refractivity contribution in [3.63, 3.8) is 0 Å². The fourth-order valence-corrected chi connectivity index (χ4v) is 4.68. The molecule has 1 N–H and O–H groups in total. The number of carbonyl (C=O) groups excluding carboxylic acids is 2. The minimum atomic E-state index is -0.334. The molecule has 0 aromatic heterocycles. The van der Waals surface area contributed by atoms with Crippen LogP contribution in [0.4, 0.5) is 5.69 Å². The second kappa shape index (κ2) is 10.5. The van der Waals surface area contributed by atoms with Crippen molar-refractivity contribution in [2.75, 3.05) is 51.2 Å². The normalized spacial score (nSPS) is 20.9. The molecule has 2 amide bonds. The Labute approximate surface area is 197 Å². The topological polar surface area (TPSA) is 55.9 Å². The van der Waals surface area contributed by atoms with Crippen molar-refractivity contribution in [2.45, 2.75) is 32.2 Å². The number of likely N-dealkylation sites (N-methyl/N-ethyl adjacent to an activating group) is 1. The van der Waals surface area contributed by atoms with Gasteiger partial charge in [-0.2, -0.15) is 0 Å². The molecule has 6 nitrogen and oxygen atoms in total. The molecule has 2 aromatic rings. The number of nitrogens with zero attached hydrogens (tertiary/aromatic N) is 3. The zero-order chi connectivity index (χ0) is 23.4. The van der Waals surface area contributed by atoms with Crippen LogP contribution in [0.5, 0.6) is 0 Å². The van der Waals surface area contributed by atoms with Crippen LogP contribution < -0.4 is 10.2 Å². The first-order valence-electron chi connectivity index (χ1n) is 12.1. The number of nitrogens with one attached hydrogen (secondary N) is 1. The average molecular weight is 449 g/mol. The Bertz CT molecular complexity index is 954. The van der Waals surface area contributed by atoms with Gasteiger partial charge in [-0.15, -0.1) is 0 Å². The minimum absolute atomic E-state index is 0.0198. The van der Waals surface area contributed by atoms with Crippen LogP contribution in [-0.2, 0) is 9.59 Å². The summed E-state index contributed by atoms with van der Waals surface area (Å²) < 4.78 is 0. The molecule has 2 aliphatic heterocycles. The van der Waals surface area contributed by atoms with Gasteiger partial charge in [0, 0.05) is 51.4 Å². The zero-order valence-electron chi connectivity index (χ0n) is 20.0. The van der Waals surface area contributed by atoms with Gasteiger partial charge in [0.2, 0.25) is 11.8 Å². The van der Waals surface area contributed by atoms with E-state index in [0.717, 1.165) is 44.0 Å². The fraction of sp³-hybridized carbons (Fsp3) is 0.481. The molecular weight excluding hydrogens is 412 g/mol. The Morgan fingerprint density at radius 3 is 2.39 bits per heavy atom. The Hall–Kier alpha value is -2.70. The predicted molar refractivity (Wildman–Crippen MR) is 132 cm³/mol. The number of benzene rings is 2. The monoisotopic (exact) mass is 448 g/mol. The van der Waals surface area contributed by atoms with E-state index in [4.69, 9.17) is 0 Å². The van der Waals surface area contributed by atoms with Crippen molar-refractivity contribution in [3.05, 3.63) is 65.7 Å². The lowest BCUT2D eigenvalue weighted by Gasteiger charge is -2.35. The highest BCUT2D eigenvalue weighted by atomic mass is 16.2. The first-order valence-corrected chi connectivity index (χ1v) is 12.1. The van der Waals surface area contributed by atoms with Gasteiger partial charge >= 0.3 is 0 Å². The smallest absolute Gasteiger partial charge is 0.227 e. The van der Waals surface area contributed by atoms with Gasteiger partial charge in [0.1, 0.15) is 0 Å². The predicted octanol–water partition coefficient (Wildman–Crippen LogP) is 3.27. The maximum absolute atomic E-state index is 13.3. The van der Waals surface area contributed by atoms with E-state index in [0.29, 0.717) is 12.5 Å². The lowest BCUT2D eigenvalue weighted by molar-refractivity contribution is -0.127. The van der Waals surface area contributed by atoms with Crippen LogP contribution >= 0.6 is 0 Å². The van der Waals surface area contributed by atoms with Crippen molar-refractivity contribution < 1.29 is 9.59 Å². The van der Waals surface area contributed by atoms with Crippen molar-refractivity contribution in [1.82, 2.24) is 15.1 Å². The highest BCUT2D eigenvalue weighted by Crippen LogP contribution is 2.28. The molecule has 0 saturated carbocycles. The maximum Gasteiger partial charge on any atom is 0.227 e. The first-order chi connectivity index (χ1) is 15.9. The maximum atomic E-state index is 13.3. The standard InChI is InChI=1S/C27H36N4O2/c1-20(2)22-10-7-11-24(16-22)31-18-23(17-26(31)32)27(33)28-25(21-8-5-4-6-9-21)19-30-14-12-29(3)13-15-30/h4-11,16,20,23,25H,12-15,17-19H2,1-3H3,(H,28,33). The summed E-state index contributed by atoms with van der Waals surface area (Å²) in [6.45, 7) is 9.58. The van der Waals surface area contributed by atoms with E-state index in [-0.39, 0.29) is 30.2 Å². The van der Waals surface area contributed by atoms with Gasteiger partial charge in [-0.3, -0.25) is 14.5 Å². The molecule has 2 aliphatic rings. The number of rotatable bonds is 7. The van der Waals surface area contributed by atoms with Crippen LogP contribution in [0.3, 0.4) is 0 Å². The van der Waals surface area contributed by atoms with E-state index in [1.807, 2.05) is 30.3 Å². The SMILES string of the molecule is CC(C)c1cccc(N2CC(C(=O)NC(CN3CCN(C)CC3)c3ccccc3)CC2=O)c1. The van der Waals surface area contributed by atoms with Gasteiger partial charge in [-0.05, 0) is 36.2 Å². The summed E-state index contributed by atoms with van der Waals surface area (Å²) in [5.41, 5.74) is 3.19.